The second-order valence-electron chi connectivity index (χ2n) is 21.1. The number of hydrogen-bond donors (Lipinski definition) is 0. The lowest BCUT2D eigenvalue weighted by atomic mass is 9.67. The number of nitriles is 2. The lowest BCUT2D eigenvalue weighted by Crippen LogP contribution is -2.32. The largest absolute Gasteiger partial charge is 0.309 e. The highest BCUT2D eigenvalue weighted by molar-refractivity contribution is 7.99. The lowest BCUT2D eigenvalue weighted by Gasteiger charge is -2.39. The van der Waals surface area contributed by atoms with Crippen molar-refractivity contribution in [1.29, 1.82) is 10.5 Å². The summed E-state index contributed by atoms with van der Waals surface area (Å²) in [7, 11) is 0. The van der Waals surface area contributed by atoms with E-state index in [-0.39, 0.29) is 0 Å². The zero-order valence-corrected chi connectivity index (χ0v) is 44.0. The molecule has 0 radical (unpaired) electrons. The van der Waals surface area contributed by atoms with Gasteiger partial charge in [-0.1, -0.05) is 109 Å². The molecule has 81 heavy (non-hydrogen) atoms. The van der Waals surface area contributed by atoms with E-state index in [4.69, 9.17) is 9.97 Å². The van der Waals surface area contributed by atoms with Crippen molar-refractivity contribution < 1.29 is 0 Å². The Hall–Kier alpha value is -10.8. The fraction of sp³-hybridized carbons (Fsp3) is 0.0137. The van der Waals surface area contributed by atoms with Gasteiger partial charge >= 0.3 is 0 Å². The van der Waals surface area contributed by atoms with Crippen LogP contribution in [0.4, 0.5) is 0 Å². The second kappa shape index (κ2) is 17.1. The quantitative estimate of drug-likeness (QED) is 0.171. The van der Waals surface area contributed by atoms with Gasteiger partial charge in [-0.2, -0.15) is 10.5 Å². The monoisotopic (exact) mass is 1050 g/mol. The molecule has 374 valence electrons. The number of aromatic nitrogens is 5. The molecule has 2 aliphatic rings. The van der Waals surface area contributed by atoms with Crippen LogP contribution in [-0.2, 0) is 5.41 Å². The van der Waals surface area contributed by atoms with Gasteiger partial charge in [-0.15, -0.1) is 0 Å². The first kappa shape index (κ1) is 45.3. The van der Waals surface area contributed by atoms with Gasteiger partial charge in [0, 0.05) is 71.6 Å². The van der Waals surface area contributed by atoms with Crippen molar-refractivity contribution in [2.24, 2.45) is 0 Å². The highest BCUT2D eigenvalue weighted by Gasteiger charge is 2.51. The maximum Gasteiger partial charge on any atom is 0.0991 e. The summed E-state index contributed by atoms with van der Waals surface area (Å²) in [6.45, 7) is 0. The zero-order chi connectivity index (χ0) is 53.5. The SMILES string of the molecule is N#Cc1ccc2c(c1)c1cc(-c3ccc4c(c3)Sc3ccc(-c5ccc6c(c5)c5cc(C#N)ccc5n6-c5ccccc5)cc3C43c4cccnc4-c4ncccc43)ccc1n2-c1ccc(-n2c3ccccc3c3ccccc32)cc1. The molecule has 8 heteroatoms. The minimum Gasteiger partial charge on any atom is -0.309 e. The van der Waals surface area contributed by atoms with Crippen LogP contribution in [0, 0.1) is 22.7 Å². The van der Waals surface area contributed by atoms with Crippen LogP contribution in [0.3, 0.4) is 0 Å². The normalized spacial score (nSPS) is 13.0. The summed E-state index contributed by atoms with van der Waals surface area (Å²) in [6, 6.07) is 89.4. The average Bonchev–Trinajstić information content (AvgIpc) is 3.02. The molecule has 0 amide bonds. The predicted molar refractivity (Wildman–Crippen MR) is 327 cm³/mol. The van der Waals surface area contributed by atoms with Gasteiger partial charge in [0.25, 0.3) is 0 Å². The minimum absolute atomic E-state index is 0.623. The Labute approximate surface area is 469 Å². The maximum absolute atomic E-state index is 10.2. The fourth-order valence-corrected chi connectivity index (χ4v) is 14.8. The molecule has 7 nitrogen and oxygen atoms in total. The van der Waals surface area contributed by atoms with E-state index in [0.717, 1.165) is 105 Å². The Balaban J connectivity index is 0.806. The summed E-state index contributed by atoms with van der Waals surface area (Å²) in [5, 5.41) is 26.9. The van der Waals surface area contributed by atoms with Crippen LogP contribution in [0.1, 0.15) is 33.4 Å². The molecule has 6 heterocycles. The highest BCUT2D eigenvalue weighted by atomic mass is 32.2. The van der Waals surface area contributed by atoms with E-state index in [1.54, 1.807) is 0 Å². The van der Waals surface area contributed by atoms with Gasteiger partial charge in [-0.25, -0.2) is 0 Å². The molecular formula is C73H41N7S. The molecule has 0 N–H and O–H groups in total. The number of fused-ring (bicyclic) bond motifs is 18. The van der Waals surface area contributed by atoms with Crippen molar-refractivity contribution in [3.05, 3.63) is 282 Å². The summed E-state index contributed by atoms with van der Waals surface area (Å²) in [5.74, 6) is 0. The molecule has 10 aromatic carbocycles. The summed E-state index contributed by atoms with van der Waals surface area (Å²) in [5.41, 5.74) is 21.1. The van der Waals surface area contributed by atoms with Crippen molar-refractivity contribution >= 4 is 77.2 Å². The Bertz CT molecular complexity index is 5200. The van der Waals surface area contributed by atoms with E-state index < -0.39 is 5.41 Å². The summed E-state index contributed by atoms with van der Waals surface area (Å²) in [4.78, 5) is 12.4. The average molecular weight is 1050 g/mol. The first-order chi connectivity index (χ1) is 40.0. The number of rotatable bonds is 5. The smallest absolute Gasteiger partial charge is 0.0991 e. The lowest BCUT2D eigenvalue weighted by molar-refractivity contribution is 0.720. The first-order valence-corrected chi connectivity index (χ1v) is 27.9. The molecular weight excluding hydrogens is 1010 g/mol. The second-order valence-corrected chi connectivity index (χ2v) is 22.2. The van der Waals surface area contributed by atoms with E-state index in [1.165, 1.54) is 42.7 Å². The Morgan fingerprint density at radius 1 is 0.321 bits per heavy atom. The van der Waals surface area contributed by atoms with E-state index >= 15 is 0 Å². The van der Waals surface area contributed by atoms with Crippen molar-refractivity contribution in [3.63, 3.8) is 0 Å². The topological polar surface area (TPSA) is 88.2 Å². The van der Waals surface area contributed by atoms with Crippen LogP contribution < -0.4 is 0 Å². The molecule has 0 unspecified atom stereocenters. The van der Waals surface area contributed by atoms with Crippen molar-refractivity contribution in [2.45, 2.75) is 15.2 Å². The predicted octanol–water partition coefficient (Wildman–Crippen LogP) is 17.7. The molecule has 1 spiro atoms. The van der Waals surface area contributed by atoms with Crippen LogP contribution in [0.15, 0.2) is 259 Å². The van der Waals surface area contributed by atoms with E-state index in [2.05, 4.69) is 232 Å². The third-order valence-electron chi connectivity index (χ3n) is 17.1. The van der Waals surface area contributed by atoms with Gasteiger partial charge in [-0.05, 0) is 184 Å². The zero-order valence-electron chi connectivity index (χ0n) is 43.2. The maximum atomic E-state index is 10.2. The van der Waals surface area contributed by atoms with Gasteiger partial charge in [-0.3, -0.25) is 9.97 Å². The summed E-state index contributed by atoms with van der Waals surface area (Å²) >= 11 is 1.81. The third-order valence-corrected chi connectivity index (χ3v) is 18.2. The third kappa shape index (κ3) is 6.39. The molecule has 0 saturated carbocycles. The molecule has 0 atom stereocenters. The van der Waals surface area contributed by atoms with Crippen LogP contribution in [-0.4, -0.2) is 23.7 Å². The molecule has 5 aromatic heterocycles. The molecule has 1 aliphatic carbocycles. The molecule has 15 aromatic rings. The van der Waals surface area contributed by atoms with Gasteiger partial charge in [0.2, 0.25) is 0 Å². The van der Waals surface area contributed by atoms with Gasteiger partial charge in [0.1, 0.15) is 0 Å². The molecule has 0 fully saturated rings. The number of pyridine rings is 2. The van der Waals surface area contributed by atoms with Gasteiger partial charge in [0.05, 0.1) is 73.2 Å². The number of nitrogens with zero attached hydrogens (tertiary/aromatic N) is 7. The Morgan fingerprint density at radius 2 is 0.753 bits per heavy atom. The van der Waals surface area contributed by atoms with Crippen molar-refractivity contribution in [1.82, 2.24) is 23.7 Å². The Kier molecular flexibility index (Phi) is 9.56. The Morgan fingerprint density at radius 3 is 1.30 bits per heavy atom. The summed E-state index contributed by atoms with van der Waals surface area (Å²) in [6.07, 6.45) is 3.76. The minimum atomic E-state index is -0.713. The van der Waals surface area contributed by atoms with E-state index in [1.807, 2.05) is 54.5 Å². The molecule has 0 saturated heterocycles. The van der Waals surface area contributed by atoms with Crippen LogP contribution in [0.5, 0.6) is 0 Å². The molecule has 1 aliphatic heterocycles. The summed E-state index contributed by atoms with van der Waals surface area (Å²) < 4.78 is 6.96. The fourth-order valence-electron chi connectivity index (χ4n) is 13.6. The highest BCUT2D eigenvalue weighted by Crippen LogP contribution is 2.62. The van der Waals surface area contributed by atoms with Crippen LogP contribution in [0.25, 0.3) is 116 Å². The van der Waals surface area contributed by atoms with E-state index in [9.17, 15) is 10.5 Å². The van der Waals surface area contributed by atoms with Crippen molar-refractivity contribution in [3.8, 4) is 62.8 Å². The molecule has 17 rings (SSSR count). The standard InChI is InChI=1S/C73H41N7S/c74-42-44-18-29-65-55(36-44)57-38-46(21-31-67(57)78(65)50-10-2-1-3-11-50)48-23-33-69-62(40-48)73(60-14-8-34-76-71(60)72-61(73)15-9-35-77-72)59-28-20-49(41-70(59)81-69)47-22-32-68-58(39-47)56-37-45(43-75)19-30-66(56)80(68)52-26-24-51(25-27-52)79-63-16-6-4-12-53(63)54-13-5-7-17-64(54)79/h1-41H. The number of para-hydroxylation sites is 3. The number of hydrogen-bond acceptors (Lipinski definition) is 5. The van der Waals surface area contributed by atoms with Gasteiger partial charge < -0.3 is 13.7 Å². The number of benzene rings is 10. The molecule has 0 bridgehead atoms. The van der Waals surface area contributed by atoms with E-state index in [0.29, 0.717) is 11.1 Å². The van der Waals surface area contributed by atoms with Crippen molar-refractivity contribution in [2.75, 3.05) is 0 Å². The van der Waals surface area contributed by atoms with Gasteiger partial charge in [0.15, 0.2) is 0 Å². The van der Waals surface area contributed by atoms with Crippen LogP contribution in [0.2, 0.25) is 0 Å². The van der Waals surface area contributed by atoms with Crippen LogP contribution >= 0.6 is 11.8 Å². The first-order valence-electron chi connectivity index (χ1n) is 27.1.